The summed E-state index contributed by atoms with van der Waals surface area (Å²) in [6.07, 6.45) is 1.49. The summed E-state index contributed by atoms with van der Waals surface area (Å²) < 4.78 is 5.08. The third-order valence-corrected chi connectivity index (χ3v) is 3.27. The highest BCUT2D eigenvalue weighted by Crippen LogP contribution is 2.12. The minimum Gasteiger partial charge on any atom is -0.497 e. The van der Waals surface area contributed by atoms with Crippen LogP contribution in [0.4, 0.5) is 0 Å². The SMILES string of the molecule is COc1ccc(CCC(=O)NCCNC(=O)CCC(C)=O)cc1. The van der Waals surface area contributed by atoms with Crippen LogP contribution in [-0.2, 0) is 20.8 Å². The van der Waals surface area contributed by atoms with Gasteiger partial charge in [-0.05, 0) is 31.0 Å². The highest BCUT2D eigenvalue weighted by atomic mass is 16.5. The zero-order chi connectivity index (χ0) is 17.1. The Morgan fingerprint density at radius 1 is 0.913 bits per heavy atom. The maximum atomic E-state index is 11.7. The number of amides is 2. The molecule has 0 radical (unpaired) electrons. The number of aryl methyl sites for hydroxylation is 1. The Kier molecular flexibility index (Phi) is 8.42. The summed E-state index contributed by atoms with van der Waals surface area (Å²) >= 11 is 0. The number of hydrogen-bond donors (Lipinski definition) is 2. The van der Waals surface area contributed by atoms with E-state index < -0.39 is 0 Å². The molecule has 126 valence electrons. The number of methoxy groups -OCH3 is 1. The van der Waals surface area contributed by atoms with Crippen molar-refractivity contribution in [3.05, 3.63) is 29.8 Å². The second kappa shape index (κ2) is 10.4. The highest BCUT2D eigenvalue weighted by molar-refractivity contribution is 5.83. The van der Waals surface area contributed by atoms with E-state index in [1.54, 1.807) is 7.11 Å². The molecule has 0 aromatic heterocycles. The molecule has 0 saturated heterocycles. The number of ether oxygens (including phenoxy) is 1. The van der Waals surface area contributed by atoms with Gasteiger partial charge >= 0.3 is 0 Å². The summed E-state index contributed by atoms with van der Waals surface area (Å²) in [4.78, 5) is 33.8. The van der Waals surface area contributed by atoms with Gasteiger partial charge in [-0.2, -0.15) is 0 Å². The molecular weight excluding hydrogens is 296 g/mol. The number of ketones is 1. The second-order valence-electron chi connectivity index (χ2n) is 5.25. The van der Waals surface area contributed by atoms with E-state index in [0.29, 0.717) is 25.9 Å². The quantitative estimate of drug-likeness (QED) is 0.635. The Balaban J connectivity index is 2.12. The highest BCUT2D eigenvalue weighted by Gasteiger charge is 2.04. The Bertz CT molecular complexity index is 526. The zero-order valence-corrected chi connectivity index (χ0v) is 13.7. The lowest BCUT2D eigenvalue weighted by Crippen LogP contribution is -2.34. The van der Waals surface area contributed by atoms with Crippen molar-refractivity contribution in [1.82, 2.24) is 10.6 Å². The third kappa shape index (κ3) is 8.60. The van der Waals surface area contributed by atoms with Crippen molar-refractivity contribution in [2.45, 2.75) is 32.6 Å². The van der Waals surface area contributed by atoms with E-state index in [0.717, 1.165) is 11.3 Å². The molecule has 0 aliphatic heterocycles. The number of hydrogen-bond acceptors (Lipinski definition) is 4. The molecular formula is C17H24N2O4. The molecule has 0 heterocycles. The van der Waals surface area contributed by atoms with Gasteiger partial charge in [0.25, 0.3) is 0 Å². The number of carbonyl (C=O) groups is 3. The predicted octanol–water partition coefficient (Wildman–Crippen LogP) is 1.23. The van der Waals surface area contributed by atoms with E-state index in [2.05, 4.69) is 10.6 Å². The van der Waals surface area contributed by atoms with Gasteiger partial charge in [-0.15, -0.1) is 0 Å². The fourth-order valence-electron chi connectivity index (χ4n) is 1.92. The van der Waals surface area contributed by atoms with E-state index in [1.165, 1.54) is 6.92 Å². The van der Waals surface area contributed by atoms with Gasteiger partial charge in [0.2, 0.25) is 11.8 Å². The Morgan fingerprint density at radius 3 is 2.00 bits per heavy atom. The van der Waals surface area contributed by atoms with Crippen LogP contribution in [0.5, 0.6) is 5.75 Å². The summed E-state index contributed by atoms with van der Waals surface area (Å²) in [6.45, 7) is 2.20. The van der Waals surface area contributed by atoms with E-state index in [1.807, 2.05) is 24.3 Å². The number of carbonyl (C=O) groups excluding carboxylic acids is 3. The first-order valence-corrected chi connectivity index (χ1v) is 7.67. The lowest BCUT2D eigenvalue weighted by Gasteiger charge is -2.07. The molecule has 0 atom stereocenters. The second-order valence-corrected chi connectivity index (χ2v) is 5.25. The topological polar surface area (TPSA) is 84.5 Å². The molecule has 6 heteroatoms. The van der Waals surface area contributed by atoms with Crippen LogP contribution in [0.1, 0.15) is 31.7 Å². The lowest BCUT2D eigenvalue weighted by molar-refractivity contribution is -0.124. The van der Waals surface area contributed by atoms with Gasteiger partial charge in [-0.3, -0.25) is 9.59 Å². The molecule has 6 nitrogen and oxygen atoms in total. The lowest BCUT2D eigenvalue weighted by atomic mass is 10.1. The first-order chi connectivity index (χ1) is 11.0. The van der Waals surface area contributed by atoms with Crippen LogP contribution in [-0.4, -0.2) is 37.8 Å². The Morgan fingerprint density at radius 2 is 1.48 bits per heavy atom. The van der Waals surface area contributed by atoms with Gasteiger partial charge < -0.3 is 20.2 Å². The molecule has 0 spiro atoms. The van der Waals surface area contributed by atoms with Crippen molar-refractivity contribution in [1.29, 1.82) is 0 Å². The minimum atomic E-state index is -0.173. The fraction of sp³-hybridized carbons (Fsp3) is 0.471. The molecule has 1 aromatic rings. The molecule has 0 fully saturated rings. The van der Waals surface area contributed by atoms with Gasteiger partial charge in [0.05, 0.1) is 7.11 Å². The molecule has 2 N–H and O–H groups in total. The number of rotatable bonds is 10. The van der Waals surface area contributed by atoms with Crippen LogP contribution in [0, 0.1) is 0 Å². The van der Waals surface area contributed by atoms with E-state index in [4.69, 9.17) is 4.74 Å². The van der Waals surface area contributed by atoms with E-state index in [9.17, 15) is 14.4 Å². The van der Waals surface area contributed by atoms with Crippen molar-refractivity contribution in [2.75, 3.05) is 20.2 Å². The molecule has 0 unspecified atom stereocenters. The van der Waals surface area contributed by atoms with Crippen molar-refractivity contribution in [2.24, 2.45) is 0 Å². The predicted molar refractivity (Wildman–Crippen MR) is 87.2 cm³/mol. The maximum Gasteiger partial charge on any atom is 0.220 e. The van der Waals surface area contributed by atoms with Gasteiger partial charge in [-0.1, -0.05) is 12.1 Å². The van der Waals surface area contributed by atoms with E-state index >= 15 is 0 Å². The van der Waals surface area contributed by atoms with E-state index in [-0.39, 0.29) is 30.4 Å². The number of benzene rings is 1. The number of Topliss-reactive ketones (excluding diaryl/α,β-unsaturated/α-hetero) is 1. The summed E-state index contributed by atoms with van der Waals surface area (Å²) in [5, 5.41) is 5.41. The largest absolute Gasteiger partial charge is 0.497 e. The first-order valence-electron chi connectivity index (χ1n) is 7.67. The normalized spacial score (nSPS) is 10.0. The van der Waals surface area contributed by atoms with Crippen LogP contribution >= 0.6 is 0 Å². The molecule has 0 aliphatic carbocycles. The monoisotopic (exact) mass is 320 g/mol. The molecule has 2 amide bonds. The van der Waals surface area contributed by atoms with Crippen molar-refractivity contribution >= 4 is 17.6 Å². The molecule has 1 aromatic carbocycles. The molecule has 0 saturated carbocycles. The van der Waals surface area contributed by atoms with Crippen LogP contribution in [0.15, 0.2) is 24.3 Å². The van der Waals surface area contributed by atoms with Gasteiger partial charge in [0.15, 0.2) is 0 Å². The van der Waals surface area contributed by atoms with Crippen molar-refractivity contribution in [3.63, 3.8) is 0 Å². The standard InChI is InChI=1S/C17H24N2O4/c1-13(20)3-9-16(21)18-11-12-19-17(22)10-6-14-4-7-15(23-2)8-5-14/h4-5,7-8H,3,6,9-12H2,1-2H3,(H,18,21)(H,19,22). The smallest absolute Gasteiger partial charge is 0.220 e. The summed E-state index contributed by atoms with van der Waals surface area (Å²) in [6, 6.07) is 7.59. The average molecular weight is 320 g/mol. The van der Waals surface area contributed by atoms with Crippen LogP contribution in [0.3, 0.4) is 0 Å². The Labute approximate surface area is 136 Å². The molecule has 23 heavy (non-hydrogen) atoms. The van der Waals surface area contributed by atoms with Gasteiger partial charge in [0.1, 0.15) is 11.5 Å². The molecule has 0 bridgehead atoms. The summed E-state index contributed by atoms with van der Waals surface area (Å²) in [7, 11) is 1.61. The van der Waals surface area contributed by atoms with Crippen LogP contribution < -0.4 is 15.4 Å². The maximum absolute atomic E-state index is 11.7. The number of nitrogens with one attached hydrogen (secondary N) is 2. The fourth-order valence-corrected chi connectivity index (χ4v) is 1.92. The Hall–Kier alpha value is -2.37. The summed E-state index contributed by atoms with van der Waals surface area (Å²) in [5.74, 6) is 0.553. The molecule has 0 aliphatic rings. The zero-order valence-electron chi connectivity index (χ0n) is 13.7. The summed E-state index contributed by atoms with van der Waals surface area (Å²) in [5.41, 5.74) is 1.07. The van der Waals surface area contributed by atoms with Gasteiger partial charge in [0, 0.05) is 32.4 Å². The first kappa shape index (κ1) is 18.7. The van der Waals surface area contributed by atoms with Crippen molar-refractivity contribution < 1.29 is 19.1 Å². The average Bonchev–Trinajstić information content (AvgIpc) is 2.55. The molecule has 1 rings (SSSR count). The van der Waals surface area contributed by atoms with Crippen LogP contribution in [0.2, 0.25) is 0 Å². The van der Waals surface area contributed by atoms with Crippen LogP contribution in [0.25, 0.3) is 0 Å². The third-order valence-electron chi connectivity index (χ3n) is 3.27. The minimum absolute atomic E-state index is 0.00742. The van der Waals surface area contributed by atoms with Crippen molar-refractivity contribution in [3.8, 4) is 5.75 Å². The van der Waals surface area contributed by atoms with Gasteiger partial charge in [-0.25, -0.2) is 0 Å².